The van der Waals surface area contributed by atoms with Crippen molar-refractivity contribution >= 4 is 23.5 Å². The predicted octanol–water partition coefficient (Wildman–Crippen LogP) is 1.11. The Morgan fingerprint density at radius 3 is 2.18 bits per heavy atom. The summed E-state index contributed by atoms with van der Waals surface area (Å²) in [4.78, 5) is 36.9. The van der Waals surface area contributed by atoms with Gasteiger partial charge in [0.25, 0.3) is 0 Å². The van der Waals surface area contributed by atoms with E-state index in [-0.39, 0.29) is 11.8 Å². The number of nitrogens with one attached hydrogen (secondary N) is 5. The van der Waals surface area contributed by atoms with Crippen molar-refractivity contribution in [2.24, 2.45) is 5.73 Å². The van der Waals surface area contributed by atoms with E-state index in [4.69, 9.17) is 5.73 Å². The lowest BCUT2D eigenvalue weighted by Gasteiger charge is -2.22. The summed E-state index contributed by atoms with van der Waals surface area (Å²) in [5, 5.41) is 14.3. The largest absolute Gasteiger partial charge is 0.352 e. The summed E-state index contributed by atoms with van der Waals surface area (Å²) in [7, 11) is 3.58. The Bertz CT molecular complexity index is 889. The van der Waals surface area contributed by atoms with Crippen LogP contribution in [0, 0.1) is 0 Å². The highest BCUT2D eigenvalue weighted by atomic mass is 16.2. The number of hydrogen-bond acceptors (Lipinski definition) is 5. The first kappa shape index (κ1) is 25.8. The predicted molar refractivity (Wildman–Crippen MR) is 130 cm³/mol. The van der Waals surface area contributed by atoms with E-state index in [2.05, 4.69) is 26.6 Å². The topological polar surface area (TPSA) is 137 Å². The smallest absolute Gasteiger partial charge is 0.312 e. The van der Waals surface area contributed by atoms with Crippen LogP contribution in [0.3, 0.4) is 0 Å². The van der Waals surface area contributed by atoms with Crippen LogP contribution < -0.4 is 32.3 Å². The van der Waals surface area contributed by atoms with Crippen LogP contribution in [0.2, 0.25) is 0 Å². The standard InChI is InChI=1S/C24H34N6O3/c1-26-16-18-10-12-19(13-11-18)29-22(31)20(9-6-14-28-24(25)33)30-23(32)21(27-2)15-17-7-4-3-5-8-17/h3-5,7-8,10-13,20-21,26-27H,6,9,14-16H2,1-2H3,(H,29,31)(H,30,32)(H3,25,28,33)/t20-,21-/m0/s1. The number of carbonyl (C=O) groups is 3. The minimum Gasteiger partial charge on any atom is -0.352 e. The zero-order valence-electron chi connectivity index (χ0n) is 19.2. The molecule has 0 spiro atoms. The number of amides is 4. The van der Waals surface area contributed by atoms with E-state index in [0.29, 0.717) is 31.5 Å². The van der Waals surface area contributed by atoms with Crippen LogP contribution in [0.25, 0.3) is 0 Å². The second-order valence-corrected chi connectivity index (χ2v) is 7.74. The van der Waals surface area contributed by atoms with E-state index < -0.39 is 18.1 Å². The van der Waals surface area contributed by atoms with Crippen LogP contribution in [0.4, 0.5) is 10.5 Å². The molecule has 0 aliphatic heterocycles. The van der Waals surface area contributed by atoms with Crippen molar-refractivity contribution < 1.29 is 14.4 Å². The van der Waals surface area contributed by atoms with Gasteiger partial charge in [0, 0.05) is 18.8 Å². The molecule has 0 bridgehead atoms. The molecule has 0 saturated carbocycles. The third kappa shape index (κ3) is 9.30. The maximum Gasteiger partial charge on any atom is 0.312 e. The lowest BCUT2D eigenvalue weighted by atomic mass is 10.0. The zero-order chi connectivity index (χ0) is 24.1. The molecule has 0 aromatic heterocycles. The minimum absolute atomic E-state index is 0.270. The minimum atomic E-state index is -0.768. The summed E-state index contributed by atoms with van der Waals surface area (Å²) >= 11 is 0. The van der Waals surface area contributed by atoms with Gasteiger partial charge in [-0.1, -0.05) is 42.5 Å². The quantitative estimate of drug-likeness (QED) is 0.252. The van der Waals surface area contributed by atoms with Crippen molar-refractivity contribution in [2.45, 2.75) is 37.9 Å². The van der Waals surface area contributed by atoms with Crippen LogP contribution in [-0.2, 0) is 22.6 Å². The Kier molecular flexibility index (Phi) is 10.9. The maximum absolute atomic E-state index is 13.0. The van der Waals surface area contributed by atoms with Gasteiger partial charge in [-0.15, -0.1) is 0 Å². The summed E-state index contributed by atoms with van der Waals surface area (Å²) in [5.74, 6) is -0.591. The van der Waals surface area contributed by atoms with Gasteiger partial charge in [0.1, 0.15) is 6.04 Å². The molecule has 0 fully saturated rings. The van der Waals surface area contributed by atoms with Gasteiger partial charge in [-0.05, 0) is 56.6 Å². The fourth-order valence-electron chi connectivity index (χ4n) is 3.37. The molecule has 2 rings (SSSR count). The van der Waals surface area contributed by atoms with Gasteiger partial charge in [-0.25, -0.2) is 4.79 Å². The van der Waals surface area contributed by atoms with E-state index >= 15 is 0 Å². The van der Waals surface area contributed by atoms with E-state index in [1.54, 1.807) is 7.05 Å². The molecule has 0 aliphatic carbocycles. The molecule has 2 aromatic rings. The fraction of sp³-hybridized carbons (Fsp3) is 0.375. The molecule has 2 aromatic carbocycles. The molecule has 0 saturated heterocycles. The fourth-order valence-corrected chi connectivity index (χ4v) is 3.37. The number of rotatable bonds is 13. The van der Waals surface area contributed by atoms with Crippen LogP contribution in [0.1, 0.15) is 24.0 Å². The maximum atomic E-state index is 13.0. The molecule has 4 amide bonds. The second-order valence-electron chi connectivity index (χ2n) is 7.74. The molecular formula is C24H34N6O3. The average molecular weight is 455 g/mol. The van der Waals surface area contributed by atoms with Gasteiger partial charge >= 0.3 is 6.03 Å². The summed E-state index contributed by atoms with van der Waals surface area (Å²) in [6.45, 7) is 1.04. The highest BCUT2D eigenvalue weighted by molar-refractivity contribution is 5.97. The van der Waals surface area contributed by atoms with Crippen LogP contribution >= 0.6 is 0 Å². The highest BCUT2D eigenvalue weighted by Crippen LogP contribution is 2.11. The van der Waals surface area contributed by atoms with Gasteiger partial charge in [0.2, 0.25) is 11.8 Å². The normalized spacial score (nSPS) is 12.4. The summed E-state index contributed by atoms with van der Waals surface area (Å²) in [5.41, 5.74) is 7.85. The van der Waals surface area contributed by atoms with Crippen molar-refractivity contribution in [1.29, 1.82) is 0 Å². The molecule has 7 N–H and O–H groups in total. The molecule has 0 heterocycles. The molecule has 9 heteroatoms. The number of likely N-dealkylation sites (N-methyl/N-ethyl adjacent to an activating group) is 1. The van der Waals surface area contributed by atoms with Gasteiger partial charge in [-0.2, -0.15) is 0 Å². The van der Waals surface area contributed by atoms with Crippen LogP contribution in [0.15, 0.2) is 54.6 Å². The number of anilines is 1. The van der Waals surface area contributed by atoms with Gasteiger partial charge < -0.3 is 32.3 Å². The van der Waals surface area contributed by atoms with Crippen molar-refractivity contribution in [3.05, 3.63) is 65.7 Å². The number of urea groups is 1. The van der Waals surface area contributed by atoms with Crippen LogP contribution in [0.5, 0.6) is 0 Å². The summed E-state index contributed by atoms with van der Waals surface area (Å²) < 4.78 is 0. The number of nitrogens with two attached hydrogens (primary N) is 1. The SMILES string of the molecule is CNCc1ccc(NC(=O)[C@H](CCCNC(N)=O)NC(=O)[C@H](Cc2ccccc2)NC)cc1. The average Bonchev–Trinajstić information content (AvgIpc) is 2.81. The van der Waals surface area contributed by atoms with E-state index in [0.717, 1.165) is 17.7 Å². The first-order valence-electron chi connectivity index (χ1n) is 11.0. The lowest BCUT2D eigenvalue weighted by Crippen LogP contribution is -2.51. The monoisotopic (exact) mass is 454 g/mol. The number of primary amides is 1. The van der Waals surface area contributed by atoms with Gasteiger partial charge in [0.15, 0.2) is 0 Å². The first-order chi connectivity index (χ1) is 15.9. The van der Waals surface area contributed by atoms with E-state index in [9.17, 15) is 14.4 Å². The summed E-state index contributed by atoms with van der Waals surface area (Å²) in [6.07, 6.45) is 1.32. The Balaban J connectivity index is 2.04. The Labute approximate surface area is 194 Å². The third-order valence-electron chi connectivity index (χ3n) is 5.15. The van der Waals surface area contributed by atoms with Crippen molar-refractivity contribution in [2.75, 3.05) is 26.0 Å². The molecular weight excluding hydrogens is 420 g/mol. The molecule has 0 unspecified atom stereocenters. The van der Waals surface area contributed by atoms with Crippen molar-refractivity contribution in [1.82, 2.24) is 21.3 Å². The first-order valence-corrected chi connectivity index (χ1v) is 11.0. The summed E-state index contributed by atoms with van der Waals surface area (Å²) in [6, 6.07) is 15.3. The number of hydrogen-bond donors (Lipinski definition) is 6. The van der Waals surface area contributed by atoms with Crippen molar-refractivity contribution in [3.8, 4) is 0 Å². The third-order valence-corrected chi connectivity index (χ3v) is 5.15. The van der Waals surface area contributed by atoms with Gasteiger partial charge in [-0.3, -0.25) is 9.59 Å². The second kappa shape index (κ2) is 13.9. The Morgan fingerprint density at radius 1 is 0.879 bits per heavy atom. The Morgan fingerprint density at radius 2 is 1.58 bits per heavy atom. The number of benzene rings is 2. The zero-order valence-corrected chi connectivity index (χ0v) is 19.2. The molecule has 0 aliphatic rings. The Hall–Kier alpha value is -3.43. The molecule has 2 atom stereocenters. The molecule has 178 valence electrons. The van der Waals surface area contributed by atoms with Crippen molar-refractivity contribution in [3.63, 3.8) is 0 Å². The van der Waals surface area contributed by atoms with Gasteiger partial charge in [0.05, 0.1) is 6.04 Å². The molecule has 9 nitrogen and oxygen atoms in total. The highest BCUT2D eigenvalue weighted by Gasteiger charge is 2.25. The molecule has 0 radical (unpaired) electrons. The van der Waals surface area contributed by atoms with E-state index in [1.807, 2.05) is 61.6 Å². The lowest BCUT2D eigenvalue weighted by molar-refractivity contribution is -0.128. The van der Waals surface area contributed by atoms with Crippen LogP contribution in [-0.4, -0.2) is 50.6 Å². The van der Waals surface area contributed by atoms with E-state index in [1.165, 1.54) is 0 Å². The number of carbonyl (C=O) groups excluding carboxylic acids is 3. The molecule has 33 heavy (non-hydrogen) atoms.